The van der Waals surface area contributed by atoms with Crippen LogP contribution >= 0.6 is 11.3 Å². The molecule has 0 saturated heterocycles. The first kappa shape index (κ1) is 16.0. The molecule has 21 heavy (non-hydrogen) atoms. The number of rotatable bonds is 3. The molecular weight excluding hydrogens is 306 g/mol. The molecule has 1 aromatic rings. The lowest BCUT2D eigenvalue weighted by atomic mass is 9.86. The Hall–Kier alpha value is -1.41. The van der Waals surface area contributed by atoms with Crippen LogP contribution in [0.1, 0.15) is 49.8 Å². The van der Waals surface area contributed by atoms with E-state index in [0.717, 1.165) is 43.4 Å². The Morgan fingerprint density at radius 2 is 1.71 bits per heavy atom. The van der Waals surface area contributed by atoms with Crippen LogP contribution in [0, 0.1) is 22.7 Å². The van der Waals surface area contributed by atoms with E-state index in [4.69, 9.17) is 5.26 Å². The first-order valence-electron chi connectivity index (χ1n) is 6.96. The fraction of sp³-hybridized carbons (Fsp3) is 0.571. The van der Waals surface area contributed by atoms with Gasteiger partial charge in [-0.05, 0) is 25.0 Å². The number of nitrogens with zero attached hydrogens (tertiary/aromatic N) is 2. The Balaban J connectivity index is 2.23. The Bertz CT molecular complexity index is 672. The predicted octanol–water partition coefficient (Wildman–Crippen LogP) is 2.90. The minimum absolute atomic E-state index is 0.0933. The van der Waals surface area contributed by atoms with Crippen molar-refractivity contribution in [3.8, 4) is 12.1 Å². The zero-order chi connectivity index (χ0) is 15.3. The molecule has 1 aliphatic carbocycles. The standard InChI is InChI=1S/C14H17N3O2S2/c15-10-12-6-7-13(20-12)21(18,19)17-14(11-16)8-4-2-1-3-5-9-14/h6-7,17H,1-5,8-9H2. The quantitative estimate of drug-likeness (QED) is 0.925. The Morgan fingerprint density at radius 1 is 1.10 bits per heavy atom. The molecule has 0 aliphatic heterocycles. The summed E-state index contributed by atoms with van der Waals surface area (Å²) in [6.07, 6.45) is 5.99. The highest BCUT2D eigenvalue weighted by molar-refractivity contribution is 7.91. The third-order valence-electron chi connectivity index (χ3n) is 3.71. The molecule has 0 spiro atoms. The molecule has 0 atom stereocenters. The molecular formula is C14H17N3O2S2. The summed E-state index contributed by atoms with van der Waals surface area (Å²) in [5.74, 6) is 0. The van der Waals surface area contributed by atoms with E-state index < -0.39 is 15.6 Å². The average molecular weight is 323 g/mol. The molecule has 1 aromatic heterocycles. The van der Waals surface area contributed by atoms with Gasteiger partial charge in [0.05, 0.1) is 6.07 Å². The molecule has 7 heteroatoms. The maximum absolute atomic E-state index is 12.4. The van der Waals surface area contributed by atoms with Crippen LogP contribution < -0.4 is 4.72 Å². The van der Waals surface area contributed by atoms with Gasteiger partial charge >= 0.3 is 0 Å². The van der Waals surface area contributed by atoms with Gasteiger partial charge in [-0.25, -0.2) is 8.42 Å². The number of thiophene rings is 1. The molecule has 0 aromatic carbocycles. The van der Waals surface area contributed by atoms with Gasteiger partial charge in [0, 0.05) is 0 Å². The van der Waals surface area contributed by atoms with Crippen LogP contribution in [0.2, 0.25) is 0 Å². The van der Waals surface area contributed by atoms with Gasteiger partial charge in [0.25, 0.3) is 10.0 Å². The first-order valence-corrected chi connectivity index (χ1v) is 9.26. The summed E-state index contributed by atoms with van der Waals surface area (Å²) < 4.78 is 27.5. The highest BCUT2D eigenvalue weighted by Crippen LogP contribution is 2.29. The van der Waals surface area contributed by atoms with E-state index in [1.165, 1.54) is 12.1 Å². The van der Waals surface area contributed by atoms with Crippen LogP contribution in [0.3, 0.4) is 0 Å². The summed E-state index contributed by atoms with van der Waals surface area (Å²) in [6, 6.07) is 7.01. The fourth-order valence-corrected chi connectivity index (χ4v) is 5.06. The summed E-state index contributed by atoms with van der Waals surface area (Å²) in [4.78, 5) is 0.346. The molecule has 1 N–H and O–H groups in total. The zero-order valence-corrected chi connectivity index (χ0v) is 13.3. The van der Waals surface area contributed by atoms with E-state index >= 15 is 0 Å². The van der Waals surface area contributed by atoms with Gasteiger partial charge in [-0.1, -0.05) is 32.1 Å². The number of nitrogens with one attached hydrogen (secondary N) is 1. The predicted molar refractivity (Wildman–Crippen MR) is 80.0 cm³/mol. The lowest BCUT2D eigenvalue weighted by Crippen LogP contribution is -2.47. The maximum atomic E-state index is 12.4. The largest absolute Gasteiger partial charge is 0.251 e. The summed E-state index contributed by atoms with van der Waals surface area (Å²) in [6.45, 7) is 0. The molecule has 0 unspecified atom stereocenters. The average Bonchev–Trinajstić information content (AvgIpc) is 2.92. The normalized spacial score (nSPS) is 19.0. The minimum Gasteiger partial charge on any atom is -0.206 e. The first-order chi connectivity index (χ1) is 10.0. The maximum Gasteiger partial charge on any atom is 0.251 e. The van der Waals surface area contributed by atoms with E-state index in [-0.39, 0.29) is 4.21 Å². The minimum atomic E-state index is -3.75. The van der Waals surface area contributed by atoms with E-state index in [9.17, 15) is 13.7 Å². The van der Waals surface area contributed by atoms with Gasteiger partial charge < -0.3 is 0 Å². The zero-order valence-electron chi connectivity index (χ0n) is 11.6. The molecule has 1 fully saturated rings. The summed E-state index contributed by atoms with van der Waals surface area (Å²) in [5, 5.41) is 18.3. The third-order valence-corrected chi connectivity index (χ3v) is 6.73. The van der Waals surface area contributed by atoms with Crippen molar-refractivity contribution < 1.29 is 8.42 Å². The van der Waals surface area contributed by atoms with Crippen LogP contribution in [0.4, 0.5) is 0 Å². The number of hydrogen-bond donors (Lipinski definition) is 1. The lowest BCUT2D eigenvalue weighted by molar-refractivity contribution is 0.357. The van der Waals surface area contributed by atoms with Gasteiger partial charge in [0.2, 0.25) is 0 Å². The van der Waals surface area contributed by atoms with E-state index in [1.807, 2.05) is 6.07 Å². The second-order valence-corrected chi connectivity index (χ2v) is 8.29. The monoisotopic (exact) mass is 323 g/mol. The van der Waals surface area contributed by atoms with Crippen LogP contribution in [0.15, 0.2) is 16.3 Å². The number of nitriles is 2. The Labute approximate surface area is 129 Å². The molecule has 2 rings (SSSR count). The molecule has 0 amide bonds. The Kier molecular flexibility index (Phi) is 5.00. The van der Waals surface area contributed by atoms with Crippen molar-refractivity contribution in [2.45, 2.75) is 54.7 Å². The lowest BCUT2D eigenvalue weighted by Gasteiger charge is -2.29. The van der Waals surface area contributed by atoms with Crippen molar-refractivity contribution in [3.05, 3.63) is 17.0 Å². The molecule has 0 bridgehead atoms. The van der Waals surface area contributed by atoms with Crippen molar-refractivity contribution in [2.24, 2.45) is 0 Å². The van der Waals surface area contributed by atoms with Gasteiger partial charge in [-0.2, -0.15) is 15.2 Å². The van der Waals surface area contributed by atoms with Crippen LogP contribution in [0.5, 0.6) is 0 Å². The molecule has 112 valence electrons. The van der Waals surface area contributed by atoms with Crippen LogP contribution in [-0.2, 0) is 10.0 Å². The van der Waals surface area contributed by atoms with Gasteiger partial charge in [-0.15, -0.1) is 11.3 Å². The van der Waals surface area contributed by atoms with Gasteiger partial charge in [0.15, 0.2) is 0 Å². The van der Waals surface area contributed by atoms with Crippen LogP contribution in [0.25, 0.3) is 0 Å². The van der Waals surface area contributed by atoms with E-state index in [0.29, 0.717) is 17.7 Å². The highest BCUT2D eigenvalue weighted by atomic mass is 32.2. The van der Waals surface area contributed by atoms with Crippen molar-refractivity contribution in [2.75, 3.05) is 0 Å². The van der Waals surface area contributed by atoms with Crippen molar-refractivity contribution >= 4 is 21.4 Å². The van der Waals surface area contributed by atoms with E-state index in [1.54, 1.807) is 0 Å². The van der Waals surface area contributed by atoms with Crippen molar-refractivity contribution in [1.29, 1.82) is 10.5 Å². The molecule has 1 heterocycles. The smallest absolute Gasteiger partial charge is 0.206 e. The summed E-state index contributed by atoms with van der Waals surface area (Å²) in [5.41, 5.74) is -1.02. The fourth-order valence-electron chi connectivity index (χ4n) is 2.58. The van der Waals surface area contributed by atoms with Gasteiger partial charge in [-0.3, -0.25) is 0 Å². The molecule has 5 nitrogen and oxygen atoms in total. The van der Waals surface area contributed by atoms with E-state index in [2.05, 4.69) is 10.8 Å². The third kappa shape index (κ3) is 3.82. The second-order valence-electron chi connectivity index (χ2n) is 5.30. The summed E-state index contributed by atoms with van der Waals surface area (Å²) in [7, 11) is -3.75. The Morgan fingerprint density at radius 3 is 2.24 bits per heavy atom. The van der Waals surface area contributed by atoms with Crippen molar-refractivity contribution in [1.82, 2.24) is 4.72 Å². The SMILES string of the molecule is N#Cc1ccc(S(=O)(=O)NC2(C#N)CCCCCCC2)s1. The van der Waals surface area contributed by atoms with Crippen molar-refractivity contribution in [3.63, 3.8) is 0 Å². The second kappa shape index (κ2) is 6.57. The molecule has 1 saturated carbocycles. The molecule has 1 aliphatic rings. The topological polar surface area (TPSA) is 93.8 Å². The number of sulfonamides is 1. The number of hydrogen-bond acceptors (Lipinski definition) is 5. The van der Waals surface area contributed by atoms with Crippen LogP contribution in [-0.4, -0.2) is 14.0 Å². The highest BCUT2D eigenvalue weighted by Gasteiger charge is 2.35. The molecule has 0 radical (unpaired) electrons. The van der Waals surface area contributed by atoms with Gasteiger partial charge in [0.1, 0.15) is 20.7 Å². The summed E-state index contributed by atoms with van der Waals surface area (Å²) >= 11 is 0.926.